The van der Waals surface area contributed by atoms with Crippen LogP contribution in [-0.2, 0) is 4.79 Å². The van der Waals surface area contributed by atoms with Gasteiger partial charge in [0, 0.05) is 38.1 Å². The maximum Gasteiger partial charge on any atom is 0.242 e. The summed E-state index contributed by atoms with van der Waals surface area (Å²) < 4.78 is 0. The van der Waals surface area contributed by atoms with Crippen molar-refractivity contribution in [2.45, 2.75) is 6.92 Å². The highest BCUT2D eigenvalue weighted by Crippen LogP contribution is 1.99. The summed E-state index contributed by atoms with van der Waals surface area (Å²) in [4.78, 5) is 21.9. The Hall–Kier alpha value is -1.69. The van der Waals surface area contributed by atoms with Crippen molar-refractivity contribution in [3.63, 3.8) is 0 Å². The van der Waals surface area contributed by atoms with Crippen molar-refractivity contribution in [1.29, 1.82) is 0 Å². The highest BCUT2D eigenvalue weighted by atomic mass is 16.2. The monoisotopic (exact) mass is 235 g/mol. The van der Waals surface area contributed by atoms with E-state index in [-0.39, 0.29) is 12.5 Å². The largest absolute Gasteiger partial charge is 0.345 e. The average Bonchev–Trinajstić information content (AvgIpc) is 2.37. The number of carbonyl (C=O) groups is 1. The van der Waals surface area contributed by atoms with Crippen LogP contribution in [0.2, 0.25) is 0 Å². The van der Waals surface area contributed by atoms with Crippen molar-refractivity contribution in [1.82, 2.24) is 20.2 Å². The van der Waals surface area contributed by atoms with Crippen LogP contribution in [0.1, 0.15) is 5.69 Å². The minimum Gasteiger partial charge on any atom is -0.345 e. The van der Waals surface area contributed by atoms with Crippen LogP contribution >= 0.6 is 0 Å². The van der Waals surface area contributed by atoms with Gasteiger partial charge >= 0.3 is 0 Å². The topological polar surface area (TPSA) is 70.2 Å². The summed E-state index contributed by atoms with van der Waals surface area (Å²) in [5.41, 5.74) is 0.886. The van der Waals surface area contributed by atoms with E-state index in [0.717, 1.165) is 31.9 Å². The number of rotatable bonds is 3. The van der Waals surface area contributed by atoms with Gasteiger partial charge in [-0.2, -0.15) is 0 Å². The number of aromatic nitrogens is 2. The molecule has 0 bridgehead atoms. The standard InChI is InChI=1S/C11H17N5O/c1-9-2-3-13-11(15-9)14-8-10(17)16-6-4-12-5-7-16/h2-3,12H,4-8H2,1H3,(H,13,14,15). The lowest BCUT2D eigenvalue weighted by Gasteiger charge is -2.27. The van der Waals surface area contributed by atoms with Crippen LogP contribution in [0.5, 0.6) is 0 Å². The number of nitrogens with one attached hydrogen (secondary N) is 2. The predicted octanol–water partition coefficient (Wildman–Crippen LogP) is -0.371. The highest BCUT2D eigenvalue weighted by molar-refractivity contribution is 5.80. The van der Waals surface area contributed by atoms with E-state index in [1.54, 1.807) is 6.20 Å². The van der Waals surface area contributed by atoms with Crippen molar-refractivity contribution in [2.75, 3.05) is 38.0 Å². The molecule has 0 radical (unpaired) electrons. The summed E-state index contributed by atoms with van der Waals surface area (Å²) in [5.74, 6) is 0.602. The van der Waals surface area contributed by atoms with E-state index in [9.17, 15) is 4.79 Å². The van der Waals surface area contributed by atoms with Crippen molar-refractivity contribution in [2.24, 2.45) is 0 Å². The Morgan fingerprint density at radius 1 is 1.53 bits per heavy atom. The number of hydrogen-bond donors (Lipinski definition) is 2. The molecule has 1 fully saturated rings. The van der Waals surface area contributed by atoms with Crippen molar-refractivity contribution in [3.05, 3.63) is 18.0 Å². The molecule has 1 aromatic heterocycles. The minimum atomic E-state index is 0.0941. The van der Waals surface area contributed by atoms with Crippen LogP contribution in [0, 0.1) is 6.92 Å². The summed E-state index contributed by atoms with van der Waals surface area (Å²) in [6, 6.07) is 1.82. The molecule has 2 N–H and O–H groups in total. The number of nitrogens with zero attached hydrogens (tertiary/aromatic N) is 3. The molecule has 0 saturated carbocycles. The quantitative estimate of drug-likeness (QED) is 0.748. The molecule has 0 atom stereocenters. The Morgan fingerprint density at radius 3 is 3.00 bits per heavy atom. The summed E-state index contributed by atoms with van der Waals surface area (Å²) in [5, 5.41) is 6.16. The molecule has 6 nitrogen and oxygen atoms in total. The van der Waals surface area contributed by atoms with E-state index < -0.39 is 0 Å². The maximum atomic E-state index is 11.8. The first-order valence-corrected chi connectivity index (χ1v) is 5.78. The number of aryl methyl sites for hydroxylation is 1. The number of hydrogen-bond acceptors (Lipinski definition) is 5. The second-order valence-electron chi connectivity index (χ2n) is 4.01. The molecule has 2 heterocycles. The Bertz CT molecular complexity index is 389. The predicted molar refractivity (Wildman–Crippen MR) is 64.7 cm³/mol. The number of carbonyl (C=O) groups excluding carboxylic acids is 1. The van der Waals surface area contributed by atoms with E-state index in [1.807, 2.05) is 17.9 Å². The molecule has 1 aliphatic rings. The van der Waals surface area contributed by atoms with Crippen LogP contribution in [-0.4, -0.2) is 53.5 Å². The summed E-state index contributed by atoms with van der Waals surface area (Å²) in [6.07, 6.45) is 1.68. The summed E-state index contributed by atoms with van der Waals surface area (Å²) in [6.45, 7) is 5.43. The van der Waals surface area contributed by atoms with E-state index in [2.05, 4.69) is 20.6 Å². The van der Waals surface area contributed by atoms with Crippen LogP contribution in [0.15, 0.2) is 12.3 Å². The molecule has 92 valence electrons. The molecule has 0 spiro atoms. The minimum absolute atomic E-state index is 0.0941. The van der Waals surface area contributed by atoms with Gasteiger partial charge in [0.15, 0.2) is 0 Å². The van der Waals surface area contributed by atoms with Gasteiger partial charge < -0.3 is 15.5 Å². The van der Waals surface area contributed by atoms with Crippen LogP contribution in [0.3, 0.4) is 0 Å². The third kappa shape index (κ3) is 3.39. The molecule has 0 unspecified atom stereocenters. The number of anilines is 1. The van der Waals surface area contributed by atoms with Crippen LogP contribution in [0.4, 0.5) is 5.95 Å². The Labute approximate surface area is 100 Å². The molecule has 0 aromatic carbocycles. The lowest BCUT2D eigenvalue weighted by Crippen LogP contribution is -2.48. The summed E-state index contributed by atoms with van der Waals surface area (Å²) in [7, 11) is 0. The molecule has 2 rings (SSSR count). The van der Waals surface area contributed by atoms with Gasteiger partial charge in [0.05, 0.1) is 6.54 Å². The van der Waals surface area contributed by atoms with Crippen molar-refractivity contribution in [3.8, 4) is 0 Å². The number of piperazine rings is 1. The van der Waals surface area contributed by atoms with Gasteiger partial charge in [-0.3, -0.25) is 4.79 Å². The van der Waals surface area contributed by atoms with E-state index in [4.69, 9.17) is 0 Å². The molecule has 1 saturated heterocycles. The van der Waals surface area contributed by atoms with Gasteiger partial charge in [0.1, 0.15) is 0 Å². The maximum absolute atomic E-state index is 11.8. The lowest BCUT2D eigenvalue weighted by molar-refractivity contribution is -0.129. The first kappa shape index (κ1) is 11.8. The normalized spacial score (nSPS) is 15.7. The molecular weight excluding hydrogens is 218 g/mol. The average molecular weight is 235 g/mol. The molecular formula is C11H17N5O. The van der Waals surface area contributed by atoms with Crippen molar-refractivity contribution >= 4 is 11.9 Å². The summed E-state index contributed by atoms with van der Waals surface area (Å²) >= 11 is 0. The fraction of sp³-hybridized carbons (Fsp3) is 0.545. The smallest absolute Gasteiger partial charge is 0.242 e. The SMILES string of the molecule is Cc1ccnc(NCC(=O)N2CCNCC2)n1. The molecule has 1 aromatic rings. The van der Waals surface area contributed by atoms with E-state index >= 15 is 0 Å². The fourth-order valence-corrected chi connectivity index (χ4v) is 1.71. The molecule has 17 heavy (non-hydrogen) atoms. The highest BCUT2D eigenvalue weighted by Gasteiger charge is 2.15. The second kappa shape index (κ2) is 5.58. The first-order valence-electron chi connectivity index (χ1n) is 5.78. The third-order valence-electron chi connectivity index (χ3n) is 2.66. The van der Waals surface area contributed by atoms with Gasteiger partial charge in [-0.05, 0) is 13.0 Å². The zero-order valence-corrected chi connectivity index (χ0v) is 9.94. The van der Waals surface area contributed by atoms with Gasteiger partial charge in [-0.1, -0.05) is 0 Å². The third-order valence-corrected chi connectivity index (χ3v) is 2.66. The molecule has 0 aliphatic carbocycles. The van der Waals surface area contributed by atoms with Crippen molar-refractivity contribution < 1.29 is 4.79 Å². The Morgan fingerprint density at radius 2 is 2.29 bits per heavy atom. The Balaban J connectivity index is 1.83. The van der Waals surface area contributed by atoms with E-state index in [1.165, 1.54) is 0 Å². The molecule has 1 amide bonds. The van der Waals surface area contributed by atoms with E-state index in [0.29, 0.717) is 5.95 Å². The van der Waals surface area contributed by atoms with Gasteiger partial charge in [-0.25, -0.2) is 9.97 Å². The molecule has 6 heteroatoms. The lowest BCUT2D eigenvalue weighted by atomic mass is 10.3. The first-order chi connectivity index (χ1) is 8.25. The second-order valence-corrected chi connectivity index (χ2v) is 4.01. The zero-order chi connectivity index (χ0) is 12.1. The van der Waals surface area contributed by atoms with Crippen LogP contribution < -0.4 is 10.6 Å². The fourth-order valence-electron chi connectivity index (χ4n) is 1.71. The van der Waals surface area contributed by atoms with Crippen LogP contribution in [0.25, 0.3) is 0 Å². The van der Waals surface area contributed by atoms with Gasteiger partial charge in [0.25, 0.3) is 0 Å². The van der Waals surface area contributed by atoms with Gasteiger partial charge in [0.2, 0.25) is 11.9 Å². The van der Waals surface area contributed by atoms with Gasteiger partial charge in [-0.15, -0.1) is 0 Å². The number of amides is 1. The molecule has 1 aliphatic heterocycles. The zero-order valence-electron chi connectivity index (χ0n) is 9.94. The Kier molecular flexibility index (Phi) is 3.87.